The molecule has 2 aromatic carbocycles. The molecule has 0 aliphatic carbocycles. The largest absolute Gasteiger partial charge is 0.504 e. The molecule has 0 radical (unpaired) electrons. The molecule has 6 nitrogen and oxygen atoms in total. The third-order valence-electron chi connectivity index (χ3n) is 5.30. The SMILES string of the molecule is CCOc1cc([C@H]2CC(=O)N3C(=C2C#N)SC[C@]3(O)c2ccc(F)cc2)ccc1O. The van der Waals surface area contributed by atoms with Crippen LogP contribution in [0.5, 0.6) is 11.5 Å². The Balaban J connectivity index is 1.78. The summed E-state index contributed by atoms with van der Waals surface area (Å²) in [6.07, 6.45) is -0.0210. The van der Waals surface area contributed by atoms with E-state index in [0.717, 1.165) is 0 Å². The van der Waals surface area contributed by atoms with Crippen LogP contribution in [0, 0.1) is 17.1 Å². The van der Waals surface area contributed by atoms with Crippen LogP contribution in [-0.4, -0.2) is 33.4 Å². The van der Waals surface area contributed by atoms with Crippen molar-refractivity contribution in [2.24, 2.45) is 0 Å². The van der Waals surface area contributed by atoms with E-state index < -0.39 is 17.5 Å². The van der Waals surface area contributed by atoms with Crippen LogP contribution in [-0.2, 0) is 10.5 Å². The van der Waals surface area contributed by atoms with Gasteiger partial charge in [-0.15, -0.1) is 11.8 Å². The lowest BCUT2D eigenvalue weighted by Crippen LogP contribution is -2.48. The van der Waals surface area contributed by atoms with Crippen molar-refractivity contribution in [1.29, 1.82) is 5.26 Å². The first kappa shape index (κ1) is 20.3. The molecule has 2 aromatic rings. The van der Waals surface area contributed by atoms with Crippen LogP contribution in [0.15, 0.2) is 53.1 Å². The van der Waals surface area contributed by atoms with Crippen molar-refractivity contribution in [1.82, 2.24) is 4.90 Å². The van der Waals surface area contributed by atoms with Crippen LogP contribution in [0.2, 0.25) is 0 Å². The minimum Gasteiger partial charge on any atom is -0.504 e. The molecule has 2 aliphatic heterocycles. The van der Waals surface area contributed by atoms with Crippen LogP contribution in [0.1, 0.15) is 30.4 Å². The molecule has 0 saturated carbocycles. The zero-order valence-corrected chi connectivity index (χ0v) is 16.9. The number of aromatic hydroxyl groups is 1. The van der Waals surface area contributed by atoms with Gasteiger partial charge < -0.3 is 14.9 Å². The van der Waals surface area contributed by atoms with E-state index >= 15 is 0 Å². The Morgan fingerprint density at radius 2 is 2.07 bits per heavy atom. The fraction of sp³-hybridized carbons (Fsp3) is 0.273. The number of nitrogens with zero attached hydrogens (tertiary/aromatic N) is 2. The number of amides is 1. The first-order valence-corrected chi connectivity index (χ1v) is 10.4. The highest BCUT2D eigenvalue weighted by molar-refractivity contribution is 8.03. The lowest BCUT2D eigenvalue weighted by Gasteiger charge is -2.38. The number of nitriles is 1. The molecule has 2 heterocycles. The van der Waals surface area contributed by atoms with Crippen molar-refractivity contribution in [2.45, 2.75) is 25.0 Å². The Labute approximate surface area is 177 Å². The number of hydrogen-bond donors (Lipinski definition) is 2. The number of rotatable bonds is 4. The molecule has 8 heteroatoms. The van der Waals surface area contributed by atoms with Crippen molar-refractivity contribution in [3.63, 3.8) is 0 Å². The number of hydrogen-bond acceptors (Lipinski definition) is 6. The van der Waals surface area contributed by atoms with E-state index in [-0.39, 0.29) is 29.6 Å². The van der Waals surface area contributed by atoms with Gasteiger partial charge in [0.15, 0.2) is 17.2 Å². The Morgan fingerprint density at radius 1 is 1.33 bits per heavy atom. The summed E-state index contributed by atoms with van der Waals surface area (Å²) in [5.74, 6) is -0.889. The Hall–Kier alpha value is -3.02. The maximum Gasteiger partial charge on any atom is 0.231 e. The molecule has 1 amide bonds. The van der Waals surface area contributed by atoms with E-state index in [1.807, 2.05) is 0 Å². The van der Waals surface area contributed by atoms with E-state index in [2.05, 4.69) is 6.07 Å². The molecule has 30 heavy (non-hydrogen) atoms. The van der Waals surface area contributed by atoms with Crippen molar-refractivity contribution in [2.75, 3.05) is 12.4 Å². The quantitative estimate of drug-likeness (QED) is 0.776. The van der Waals surface area contributed by atoms with E-state index in [4.69, 9.17) is 4.74 Å². The topological polar surface area (TPSA) is 93.8 Å². The standard InChI is InChI=1S/C22H19FN2O4S/c1-2-29-19-9-13(3-8-18(19)26)16-10-20(27)25-21(17(16)11-24)30-12-22(25,28)14-4-6-15(23)7-5-14/h3-9,16,26,28H,2,10,12H2,1H3/t16-,22+/m1/s1. The molecule has 2 N–H and O–H groups in total. The maximum atomic E-state index is 13.3. The predicted molar refractivity (Wildman–Crippen MR) is 109 cm³/mol. The number of phenols is 1. The van der Waals surface area contributed by atoms with E-state index in [1.165, 1.54) is 47.0 Å². The van der Waals surface area contributed by atoms with Crippen molar-refractivity contribution >= 4 is 17.7 Å². The molecule has 0 aromatic heterocycles. The summed E-state index contributed by atoms with van der Waals surface area (Å²) in [4.78, 5) is 14.4. The number of fused-ring (bicyclic) bond motifs is 1. The number of halogens is 1. The van der Waals surface area contributed by atoms with Crippen LogP contribution in [0.3, 0.4) is 0 Å². The second-order valence-corrected chi connectivity index (χ2v) is 8.05. The lowest BCUT2D eigenvalue weighted by molar-refractivity contribution is -0.149. The number of benzene rings is 2. The summed E-state index contributed by atoms with van der Waals surface area (Å²) in [5, 5.41) is 31.6. The van der Waals surface area contributed by atoms with Gasteiger partial charge in [0, 0.05) is 17.9 Å². The summed E-state index contributed by atoms with van der Waals surface area (Å²) in [6, 6.07) is 12.3. The molecule has 1 fully saturated rings. The van der Waals surface area contributed by atoms with Crippen LogP contribution < -0.4 is 4.74 Å². The lowest BCUT2D eigenvalue weighted by atomic mass is 9.85. The number of thioether (sulfide) groups is 1. The second kappa shape index (κ2) is 7.67. The highest BCUT2D eigenvalue weighted by Gasteiger charge is 2.51. The summed E-state index contributed by atoms with van der Waals surface area (Å²) in [7, 11) is 0. The van der Waals surface area contributed by atoms with E-state index in [9.17, 15) is 24.7 Å². The fourth-order valence-corrected chi connectivity index (χ4v) is 5.22. The smallest absolute Gasteiger partial charge is 0.231 e. The van der Waals surface area contributed by atoms with Crippen molar-refractivity contribution in [3.05, 3.63) is 70.0 Å². The highest BCUT2D eigenvalue weighted by Crippen LogP contribution is 2.52. The zero-order valence-electron chi connectivity index (χ0n) is 16.1. The van der Waals surface area contributed by atoms with E-state index in [0.29, 0.717) is 28.3 Å². The number of aliphatic hydroxyl groups is 1. The molecule has 154 valence electrons. The summed E-state index contributed by atoms with van der Waals surface area (Å²) in [5.41, 5.74) is -0.223. The summed E-state index contributed by atoms with van der Waals surface area (Å²) in [6.45, 7) is 2.16. The van der Waals surface area contributed by atoms with Gasteiger partial charge in [-0.3, -0.25) is 9.69 Å². The zero-order chi connectivity index (χ0) is 21.5. The van der Waals surface area contributed by atoms with Crippen molar-refractivity contribution in [3.8, 4) is 17.6 Å². The first-order chi connectivity index (χ1) is 14.4. The molecule has 2 atom stereocenters. The van der Waals surface area contributed by atoms with Crippen LogP contribution in [0.4, 0.5) is 4.39 Å². The number of allylic oxidation sites excluding steroid dienone is 1. The van der Waals surface area contributed by atoms with Gasteiger partial charge in [0.2, 0.25) is 5.91 Å². The molecular weight excluding hydrogens is 407 g/mol. The third kappa shape index (κ3) is 3.20. The Kier molecular flexibility index (Phi) is 5.18. The molecular formula is C22H19FN2O4S. The first-order valence-electron chi connectivity index (χ1n) is 9.43. The van der Waals surface area contributed by atoms with Gasteiger partial charge in [-0.25, -0.2) is 4.39 Å². The second-order valence-electron chi connectivity index (χ2n) is 7.09. The third-order valence-corrected chi connectivity index (χ3v) is 6.53. The summed E-state index contributed by atoms with van der Waals surface area (Å²) < 4.78 is 18.8. The number of carbonyl (C=O) groups excluding carboxylic acids is 1. The molecule has 1 saturated heterocycles. The van der Waals surface area contributed by atoms with Gasteiger partial charge >= 0.3 is 0 Å². The monoisotopic (exact) mass is 426 g/mol. The maximum absolute atomic E-state index is 13.3. The average Bonchev–Trinajstić information content (AvgIpc) is 3.09. The van der Waals surface area contributed by atoms with Gasteiger partial charge in [-0.1, -0.05) is 18.2 Å². The normalized spacial score (nSPS) is 23.3. The van der Waals surface area contributed by atoms with Gasteiger partial charge in [0.05, 0.1) is 29.0 Å². The number of phenolic OH excluding ortho intramolecular Hbond substituents is 1. The van der Waals surface area contributed by atoms with Gasteiger partial charge in [-0.05, 0) is 36.8 Å². The predicted octanol–water partition coefficient (Wildman–Crippen LogP) is 3.57. The average molecular weight is 426 g/mol. The van der Waals surface area contributed by atoms with Crippen LogP contribution in [0.25, 0.3) is 0 Å². The molecule has 4 rings (SSSR count). The highest BCUT2D eigenvalue weighted by atomic mass is 32.2. The van der Waals surface area contributed by atoms with Gasteiger partial charge in [0.25, 0.3) is 0 Å². The Morgan fingerprint density at radius 3 is 2.73 bits per heavy atom. The fourth-order valence-electron chi connectivity index (χ4n) is 3.86. The summed E-state index contributed by atoms with van der Waals surface area (Å²) >= 11 is 1.22. The Bertz CT molecular complexity index is 1080. The molecule has 0 unspecified atom stereocenters. The van der Waals surface area contributed by atoms with Gasteiger partial charge in [0.1, 0.15) is 5.82 Å². The van der Waals surface area contributed by atoms with Crippen LogP contribution >= 0.6 is 11.8 Å². The van der Waals surface area contributed by atoms with E-state index in [1.54, 1.807) is 19.1 Å². The molecule has 2 aliphatic rings. The number of carbonyl (C=O) groups is 1. The molecule has 0 bridgehead atoms. The molecule has 0 spiro atoms. The van der Waals surface area contributed by atoms with Crippen molar-refractivity contribution < 1.29 is 24.1 Å². The minimum absolute atomic E-state index is 0.0172. The number of ether oxygens (including phenoxy) is 1. The minimum atomic E-state index is -1.65. The van der Waals surface area contributed by atoms with Gasteiger partial charge in [-0.2, -0.15) is 5.26 Å².